The Morgan fingerprint density at radius 3 is 2.64 bits per heavy atom. The Morgan fingerprint density at radius 1 is 1.64 bits per heavy atom. The van der Waals surface area contributed by atoms with E-state index in [1.165, 1.54) is 0 Å². The van der Waals surface area contributed by atoms with Crippen LogP contribution in [0.5, 0.6) is 0 Å². The van der Waals surface area contributed by atoms with E-state index in [4.69, 9.17) is 5.11 Å². The second-order valence-electron chi connectivity index (χ2n) is 2.70. The zero-order valence-electron chi connectivity index (χ0n) is 6.36. The molecular formula is C7H13NO2S. The number of nitrogens with zero attached hydrogens (tertiary/aromatic N) is 1. The van der Waals surface area contributed by atoms with Crippen molar-refractivity contribution in [2.45, 2.75) is 18.9 Å². The maximum atomic E-state index is 11.1. The summed E-state index contributed by atoms with van der Waals surface area (Å²) in [5, 5.41) is 8.64. The Hall–Kier alpha value is -0.220. The monoisotopic (exact) mass is 175 g/mol. The first-order valence-corrected chi connectivity index (χ1v) is 4.44. The van der Waals surface area contributed by atoms with Gasteiger partial charge in [-0.1, -0.05) is 0 Å². The van der Waals surface area contributed by atoms with Gasteiger partial charge in [0, 0.05) is 12.6 Å². The van der Waals surface area contributed by atoms with Crippen molar-refractivity contribution in [1.82, 2.24) is 4.90 Å². The smallest absolute Gasteiger partial charge is 0.232 e. The summed E-state index contributed by atoms with van der Waals surface area (Å²) in [5.74, 6) is 0.279. The van der Waals surface area contributed by atoms with Crippen molar-refractivity contribution in [3.05, 3.63) is 0 Å². The molecule has 1 fully saturated rings. The second kappa shape index (κ2) is 3.97. The highest BCUT2D eigenvalue weighted by Crippen LogP contribution is 2.26. The van der Waals surface area contributed by atoms with Crippen LogP contribution in [0.15, 0.2) is 0 Å². The molecule has 4 heteroatoms. The highest BCUT2D eigenvalue weighted by Gasteiger charge is 2.31. The van der Waals surface area contributed by atoms with Crippen molar-refractivity contribution in [2.24, 2.45) is 0 Å². The van der Waals surface area contributed by atoms with Crippen molar-refractivity contribution in [2.75, 3.05) is 18.9 Å². The highest BCUT2D eigenvalue weighted by molar-refractivity contribution is 7.81. The van der Waals surface area contributed by atoms with Crippen LogP contribution in [0, 0.1) is 0 Å². The first-order chi connectivity index (χ1) is 5.29. The molecule has 0 saturated heterocycles. The number of hydrogen-bond acceptors (Lipinski definition) is 3. The van der Waals surface area contributed by atoms with Crippen LogP contribution >= 0.6 is 12.6 Å². The van der Waals surface area contributed by atoms with Crippen molar-refractivity contribution < 1.29 is 9.90 Å². The summed E-state index contributed by atoms with van der Waals surface area (Å²) in [6.45, 7) is 0.514. The number of aliphatic hydroxyl groups excluding tert-OH is 1. The standard InChI is InChI=1S/C7H13NO2S/c9-4-3-8(6-1-2-6)7(10)5-11/h6,9,11H,1-5H2. The Morgan fingerprint density at radius 2 is 2.27 bits per heavy atom. The van der Waals surface area contributed by atoms with Gasteiger partial charge in [0.1, 0.15) is 0 Å². The molecule has 0 radical (unpaired) electrons. The number of thiol groups is 1. The lowest BCUT2D eigenvalue weighted by molar-refractivity contribution is -0.129. The molecule has 0 aromatic heterocycles. The molecular weight excluding hydrogens is 162 g/mol. The van der Waals surface area contributed by atoms with E-state index in [0.717, 1.165) is 12.8 Å². The third-order valence-corrected chi connectivity index (χ3v) is 2.05. The van der Waals surface area contributed by atoms with E-state index >= 15 is 0 Å². The third kappa shape index (κ3) is 2.38. The number of carbonyl (C=O) groups excluding carboxylic acids is 1. The molecule has 0 aliphatic heterocycles. The molecule has 0 spiro atoms. The number of carbonyl (C=O) groups is 1. The van der Waals surface area contributed by atoms with Crippen LogP contribution in [0.2, 0.25) is 0 Å². The molecule has 0 bridgehead atoms. The first kappa shape index (κ1) is 8.87. The van der Waals surface area contributed by atoms with Crippen LogP contribution in [-0.2, 0) is 4.79 Å². The van der Waals surface area contributed by atoms with E-state index < -0.39 is 0 Å². The fourth-order valence-electron chi connectivity index (χ4n) is 1.10. The van der Waals surface area contributed by atoms with E-state index in [1.54, 1.807) is 4.90 Å². The topological polar surface area (TPSA) is 40.5 Å². The van der Waals surface area contributed by atoms with Gasteiger partial charge in [-0.05, 0) is 12.8 Å². The number of hydrogen-bond donors (Lipinski definition) is 2. The largest absolute Gasteiger partial charge is 0.395 e. The number of rotatable bonds is 4. The summed E-state index contributed by atoms with van der Waals surface area (Å²) >= 11 is 3.90. The van der Waals surface area contributed by atoms with Crippen LogP contribution in [0.4, 0.5) is 0 Å². The molecule has 0 unspecified atom stereocenters. The quantitative estimate of drug-likeness (QED) is 0.586. The van der Waals surface area contributed by atoms with Crippen LogP contribution in [0.3, 0.4) is 0 Å². The molecule has 1 saturated carbocycles. The molecule has 0 aromatic carbocycles. The SMILES string of the molecule is O=C(CS)N(CCO)C1CC1. The van der Waals surface area contributed by atoms with E-state index in [2.05, 4.69) is 12.6 Å². The second-order valence-corrected chi connectivity index (χ2v) is 3.02. The van der Waals surface area contributed by atoms with Crippen LogP contribution in [0.25, 0.3) is 0 Å². The van der Waals surface area contributed by atoms with E-state index in [0.29, 0.717) is 12.6 Å². The summed E-state index contributed by atoms with van der Waals surface area (Å²) in [4.78, 5) is 12.8. The Bertz CT molecular complexity index is 147. The fraction of sp³-hybridized carbons (Fsp3) is 0.857. The van der Waals surface area contributed by atoms with Crippen LogP contribution < -0.4 is 0 Å². The molecule has 1 aliphatic carbocycles. The molecule has 0 heterocycles. The number of amides is 1. The lowest BCUT2D eigenvalue weighted by Gasteiger charge is -2.19. The van der Waals surface area contributed by atoms with Crippen molar-refractivity contribution in [1.29, 1.82) is 0 Å². The molecule has 3 nitrogen and oxygen atoms in total. The van der Waals surface area contributed by atoms with E-state index in [1.807, 2.05) is 0 Å². The van der Waals surface area contributed by atoms with Gasteiger partial charge in [0.15, 0.2) is 0 Å². The maximum Gasteiger partial charge on any atom is 0.232 e. The molecule has 1 amide bonds. The van der Waals surface area contributed by atoms with Gasteiger partial charge in [-0.2, -0.15) is 12.6 Å². The molecule has 0 aromatic rings. The molecule has 11 heavy (non-hydrogen) atoms. The lowest BCUT2D eigenvalue weighted by Crippen LogP contribution is -2.36. The lowest BCUT2D eigenvalue weighted by atomic mass is 10.4. The average molecular weight is 175 g/mol. The minimum atomic E-state index is 0.0323. The summed E-state index contributed by atoms with van der Waals surface area (Å²) in [6, 6.07) is 0.391. The Labute approximate surface area is 71.8 Å². The highest BCUT2D eigenvalue weighted by atomic mass is 32.1. The molecule has 1 aliphatic rings. The van der Waals surface area contributed by atoms with Gasteiger partial charge in [-0.15, -0.1) is 0 Å². The van der Waals surface area contributed by atoms with Crippen LogP contribution in [0.1, 0.15) is 12.8 Å². The third-order valence-electron chi connectivity index (χ3n) is 1.78. The zero-order valence-corrected chi connectivity index (χ0v) is 7.26. The van der Waals surface area contributed by atoms with Gasteiger partial charge in [-0.25, -0.2) is 0 Å². The Kier molecular flexibility index (Phi) is 3.20. The van der Waals surface area contributed by atoms with Gasteiger partial charge >= 0.3 is 0 Å². The predicted molar refractivity (Wildman–Crippen MR) is 45.7 cm³/mol. The van der Waals surface area contributed by atoms with Crippen molar-refractivity contribution >= 4 is 18.5 Å². The fourth-order valence-corrected chi connectivity index (χ4v) is 1.28. The summed E-state index contributed by atoms with van der Waals surface area (Å²) in [5.41, 5.74) is 0. The van der Waals surface area contributed by atoms with Crippen molar-refractivity contribution in [3.63, 3.8) is 0 Å². The van der Waals surface area contributed by atoms with Crippen molar-refractivity contribution in [3.8, 4) is 0 Å². The molecule has 64 valence electrons. The van der Waals surface area contributed by atoms with Gasteiger partial charge in [0.2, 0.25) is 5.91 Å². The summed E-state index contributed by atoms with van der Waals surface area (Å²) < 4.78 is 0. The predicted octanol–water partition coefficient (Wildman–Crippen LogP) is -0.100. The molecule has 1 N–H and O–H groups in total. The zero-order chi connectivity index (χ0) is 8.27. The molecule has 0 atom stereocenters. The van der Waals surface area contributed by atoms with Gasteiger partial charge in [-0.3, -0.25) is 4.79 Å². The van der Waals surface area contributed by atoms with E-state index in [9.17, 15) is 4.79 Å². The van der Waals surface area contributed by atoms with Gasteiger partial charge < -0.3 is 10.0 Å². The number of aliphatic hydroxyl groups is 1. The average Bonchev–Trinajstić information content (AvgIpc) is 2.81. The Balaban J connectivity index is 2.37. The van der Waals surface area contributed by atoms with Gasteiger partial charge in [0.05, 0.1) is 12.4 Å². The van der Waals surface area contributed by atoms with Gasteiger partial charge in [0.25, 0.3) is 0 Å². The van der Waals surface area contributed by atoms with Crippen LogP contribution in [-0.4, -0.2) is 40.9 Å². The minimum Gasteiger partial charge on any atom is -0.395 e. The summed E-state index contributed by atoms with van der Waals surface area (Å²) in [6.07, 6.45) is 2.17. The molecule has 1 rings (SSSR count). The minimum absolute atomic E-state index is 0.0323. The summed E-state index contributed by atoms with van der Waals surface area (Å²) in [7, 11) is 0. The first-order valence-electron chi connectivity index (χ1n) is 3.80. The van der Waals surface area contributed by atoms with E-state index in [-0.39, 0.29) is 18.3 Å². The normalized spacial score (nSPS) is 16.5. The maximum absolute atomic E-state index is 11.1.